The Balaban J connectivity index is 2.31. The highest BCUT2D eigenvalue weighted by Crippen LogP contribution is 2.11. The van der Waals surface area contributed by atoms with Crippen molar-refractivity contribution in [2.75, 3.05) is 6.54 Å². The molecule has 0 bridgehead atoms. The summed E-state index contributed by atoms with van der Waals surface area (Å²) in [6.45, 7) is 6.75. The smallest absolute Gasteiger partial charge is 0.262 e. The lowest BCUT2D eigenvalue weighted by molar-refractivity contribution is 0.0953. The van der Waals surface area contributed by atoms with Crippen LogP contribution >= 0.6 is 12.2 Å². The average molecular weight is 331 g/mol. The maximum Gasteiger partial charge on any atom is 0.262 e. The second-order valence-electron chi connectivity index (χ2n) is 5.36. The van der Waals surface area contributed by atoms with E-state index in [4.69, 9.17) is 12.2 Å². The van der Waals surface area contributed by atoms with Crippen molar-refractivity contribution in [3.05, 3.63) is 51.5 Å². The van der Waals surface area contributed by atoms with Gasteiger partial charge in [-0.25, -0.2) is 0 Å². The lowest BCUT2D eigenvalue weighted by Gasteiger charge is -2.08. The van der Waals surface area contributed by atoms with Gasteiger partial charge in [0.05, 0.1) is 10.9 Å². The molecule has 0 aliphatic heterocycles. The molecule has 23 heavy (non-hydrogen) atoms. The predicted molar refractivity (Wildman–Crippen MR) is 95.4 cm³/mol. The van der Waals surface area contributed by atoms with Crippen LogP contribution in [-0.4, -0.2) is 22.0 Å². The number of H-pyrrole nitrogens is 1. The van der Waals surface area contributed by atoms with E-state index in [1.54, 1.807) is 24.3 Å². The zero-order valence-corrected chi connectivity index (χ0v) is 14.0. The van der Waals surface area contributed by atoms with E-state index < -0.39 is 0 Å². The summed E-state index contributed by atoms with van der Waals surface area (Å²) in [4.78, 5) is 27.5. The van der Waals surface area contributed by atoms with E-state index in [9.17, 15) is 9.59 Å². The molecule has 2 rings (SSSR count). The highest BCUT2D eigenvalue weighted by Gasteiger charge is 2.09. The molecule has 0 aliphatic rings. The Morgan fingerprint density at radius 2 is 2.22 bits per heavy atom. The highest BCUT2D eigenvalue weighted by molar-refractivity contribution is 7.71. The van der Waals surface area contributed by atoms with E-state index >= 15 is 0 Å². The number of rotatable bonds is 7. The molecule has 0 atom stereocenters. The van der Waals surface area contributed by atoms with Crippen molar-refractivity contribution in [2.45, 2.75) is 32.7 Å². The van der Waals surface area contributed by atoms with Gasteiger partial charge in [0.1, 0.15) is 0 Å². The second kappa shape index (κ2) is 7.87. The summed E-state index contributed by atoms with van der Waals surface area (Å²) >= 11 is 5.20. The van der Waals surface area contributed by atoms with Gasteiger partial charge in [-0.05, 0) is 36.8 Å². The Hall–Kier alpha value is -2.21. The minimum absolute atomic E-state index is 0.141. The first kappa shape index (κ1) is 17.1. The predicted octanol–water partition coefficient (Wildman–Crippen LogP) is 3.17. The van der Waals surface area contributed by atoms with E-state index in [2.05, 4.69) is 23.8 Å². The van der Waals surface area contributed by atoms with E-state index in [0.29, 0.717) is 34.3 Å². The van der Waals surface area contributed by atoms with Crippen molar-refractivity contribution in [1.82, 2.24) is 14.9 Å². The van der Waals surface area contributed by atoms with Gasteiger partial charge in [-0.1, -0.05) is 25.8 Å². The van der Waals surface area contributed by atoms with Crippen LogP contribution in [-0.2, 0) is 6.54 Å². The number of hydrogen-bond donors (Lipinski definition) is 2. The average Bonchev–Trinajstić information content (AvgIpc) is 2.54. The highest BCUT2D eigenvalue weighted by atomic mass is 32.1. The molecule has 1 heterocycles. The molecule has 0 radical (unpaired) electrons. The van der Waals surface area contributed by atoms with Gasteiger partial charge in [0.2, 0.25) is 0 Å². The Bertz CT molecular complexity index is 836. The number of benzene rings is 1. The molecule has 122 valence electrons. The lowest BCUT2D eigenvalue weighted by Crippen LogP contribution is -2.25. The van der Waals surface area contributed by atoms with E-state index in [1.807, 2.05) is 0 Å². The summed E-state index contributed by atoms with van der Waals surface area (Å²) in [5.41, 5.74) is 0.903. The number of hydrogen-bond acceptors (Lipinski definition) is 3. The standard InChI is InChI=1S/C17H21N3O2S/c1-3-5-6-9-18-15(21)12-7-8-13-14(11-12)19-17(23)20(10-4-2)16(13)22/h4,7-8,11H,2-3,5-6,9-10H2,1H3,(H,18,21)(H,19,23). The summed E-state index contributed by atoms with van der Waals surface area (Å²) in [7, 11) is 0. The molecule has 1 aromatic heterocycles. The molecule has 6 heteroatoms. The van der Waals surface area contributed by atoms with Gasteiger partial charge in [-0.3, -0.25) is 14.2 Å². The minimum Gasteiger partial charge on any atom is -0.352 e. The van der Waals surface area contributed by atoms with Crippen molar-refractivity contribution in [3.8, 4) is 0 Å². The van der Waals surface area contributed by atoms with Gasteiger partial charge >= 0.3 is 0 Å². The van der Waals surface area contributed by atoms with Gasteiger partial charge in [0.25, 0.3) is 11.5 Å². The Labute approximate surface area is 140 Å². The Morgan fingerprint density at radius 3 is 2.91 bits per heavy atom. The number of aromatic amines is 1. The zero-order chi connectivity index (χ0) is 16.8. The SMILES string of the molecule is C=CCn1c(=S)[nH]c2cc(C(=O)NCCCCC)ccc2c1=O. The van der Waals surface area contributed by atoms with Crippen molar-refractivity contribution in [3.63, 3.8) is 0 Å². The van der Waals surface area contributed by atoms with Gasteiger partial charge in [0.15, 0.2) is 4.77 Å². The number of allylic oxidation sites excluding steroid dienone is 1. The molecule has 0 saturated carbocycles. The monoisotopic (exact) mass is 331 g/mol. The van der Waals surface area contributed by atoms with Gasteiger partial charge in [-0.2, -0.15) is 0 Å². The molecule has 0 unspecified atom stereocenters. The third-order valence-corrected chi connectivity index (χ3v) is 3.94. The molecule has 2 N–H and O–H groups in total. The van der Waals surface area contributed by atoms with Crippen LogP contribution in [0.5, 0.6) is 0 Å². The summed E-state index contributed by atoms with van der Waals surface area (Å²) in [6, 6.07) is 4.98. The largest absolute Gasteiger partial charge is 0.352 e. The second-order valence-corrected chi connectivity index (χ2v) is 5.74. The fourth-order valence-electron chi connectivity index (χ4n) is 2.37. The fraction of sp³-hybridized carbons (Fsp3) is 0.353. The maximum absolute atomic E-state index is 12.4. The van der Waals surface area contributed by atoms with Crippen LogP contribution in [0.1, 0.15) is 36.5 Å². The number of amides is 1. The van der Waals surface area contributed by atoms with Gasteiger partial charge < -0.3 is 10.3 Å². The first-order chi connectivity index (χ1) is 11.1. The number of nitrogens with one attached hydrogen (secondary N) is 2. The Morgan fingerprint density at radius 1 is 1.43 bits per heavy atom. The van der Waals surface area contributed by atoms with Crippen LogP contribution in [0.2, 0.25) is 0 Å². The van der Waals surface area contributed by atoms with E-state index in [0.717, 1.165) is 19.3 Å². The maximum atomic E-state index is 12.4. The molecule has 1 aromatic carbocycles. The summed E-state index contributed by atoms with van der Waals surface area (Å²) in [5, 5.41) is 3.39. The third-order valence-electron chi connectivity index (χ3n) is 3.62. The van der Waals surface area contributed by atoms with Gasteiger partial charge in [0, 0.05) is 18.7 Å². The van der Waals surface area contributed by atoms with Gasteiger partial charge in [-0.15, -0.1) is 6.58 Å². The van der Waals surface area contributed by atoms with Crippen molar-refractivity contribution in [2.24, 2.45) is 0 Å². The number of aromatic nitrogens is 2. The number of carbonyl (C=O) groups is 1. The van der Waals surface area contributed by atoms with Crippen LogP contribution in [0.15, 0.2) is 35.6 Å². The summed E-state index contributed by atoms with van der Waals surface area (Å²) in [5.74, 6) is -0.141. The van der Waals surface area contributed by atoms with E-state index in [-0.39, 0.29) is 11.5 Å². The lowest BCUT2D eigenvalue weighted by atomic mass is 10.1. The first-order valence-corrected chi connectivity index (χ1v) is 8.15. The van der Waals surface area contributed by atoms with Crippen LogP contribution in [0.3, 0.4) is 0 Å². The van der Waals surface area contributed by atoms with Crippen molar-refractivity contribution in [1.29, 1.82) is 0 Å². The normalized spacial score (nSPS) is 10.7. The molecule has 5 nitrogen and oxygen atoms in total. The molecule has 0 saturated heterocycles. The van der Waals surface area contributed by atoms with Crippen LogP contribution in [0.4, 0.5) is 0 Å². The number of unbranched alkanes of at least 4 members (excludes halogenated alkanes) is 2. The van der Waals surface area contributed by atoms with E-state index in [1.165, 1.54) is 4.57 Å². The molecule has 0 fully saturated rings. The van der Waals surface area contributed by atoms with Crippen LogP contribution in [0, 0.1) is 4.77 Å². The molecule has 0 aliphatic carbocycles. The first-order valence-electron chi connectivity index (χ1n) is 7.74. The number of nitrogens with zero attached hydrogens (tertiary/aromatic N) is 1. The molecule has 2 aromatic rings. The third kappa shape index (κ3) is 3.96. The Kier molecular flexibility index (Phi) is 5.87. The fourth-order valence-corrected chi connectivity index (χ4v) is 2.64. The van der Waals surface area contributed by atoms with Crippen LogP contribution < -0.4 is 10.9 Å². The quantitative estimate of drug-likeness (QED) is 0.465. The van der Waals surface area contributed by atoms with Crippen molar-refractivity contribution >= 4 is 29.0 Å². The van der Waals surface area contributed by atoms with Crippen molar-refractivity contribution < 1.29 is 4.79 Å². The van der Waals surface area contributed by atoms with Crippen LogP contribution in [0.25, 0.3) is 10.9 Å². The number of carbonyl (C=O) groups excluding carboxylic acids is 1. The molecular formula is C17H21N3O2S. The molecular weight excluding hydrogens is 310 g/mol. The minimum atomic E-state index is -0.182. The number of fused-ring (bicyclic) bond motifs is 1. The summed E-state index contributed by atoms with van der Waals surface area (Å²) in [6.07, 6.45) is 4.78. The zero-order valence-electron chi connectivity index (χ0n) is 13.2. The molecule has 1 amide bonds. The molecule has 0 spiro atoms. The topological polar surface area (TPSA) is 66.9 Å². The summed E-state index contributed by atoms with van der Waals surface area (Å²) < 4.78 is 1.76.